The molecule has 0 bridgehead atoms. The maximum Gasteiger partial charge on any atom is 0.263 e. The van der Waals surface area contributed by atoms with Crippen LogP contribution in [0, 0.1) is 0 Å². The van der Waals surface area contributed by atoms with Crippen molar-refractivity contribution in [1.29, 1.82) is 0 Å². The highest BCUT2D eigenvalue weighted by Crippen LogP contribution is 2.31. The van der Waals surface area contributed by atoms with Gasteiger partial charge in [0.25, 0.3) is 10.0 Å². The molecule has 0 saturated carbocycles. The number of aryl methyl sites for hydroxylation is 1. The number of benzene rings is 1. The predicted octanol–water partition coefficient (Wildman–Crippen LogP) is 2.63. The summed E-state index contributed by atoms with van der Waals surface area (Å²) in [5.41, 5.74) is 0.691. The van der Waals surface area contributed by atoms with E-state index in [1.807, 2.05) is 0 Å². The molecule has 108 valence electrons. The summed E-state index contributed by atoms with van der Waals surface area (Å²) in [6.07, 6.45) is 1.41. The molecule has 1 aromatic heterocycles. The summed E-state index contributed by atoms with van der Waals surface area (Å²) < 4.78 is 28.4. The minimum atomic E-state index is -3.79. The summed E-state index contributed by atoms with van der Waals surface area (Å²) in [6, 6.07) is 6.06. The molecule has 0 amide bonds. The van der Waals surface area contributed by atoms with Crippen LogP contribution in [0.25, 0.3) is 0 Å². The zero-order valence-electron chi connectivity index (χ0n) is 10.5. The van der Waals surface area contributed by atoms with Gasteiger partial charge in [0.15, 0.2) is 0 Å². The van der Waals surface area contributed by atoms with Crippen molar-refractivity contribution in [1.82, 2.24) is 4.57 Å². The number of hydrogen-bond donors (Lipinski definition) is 2. The van der Waals surface area contributed by atoms with Gasteiger partial charge in [-0.25, -0.2) is 8.42 Å². The molecule has 2 aromatic rings. The van der Waals surface area contributed by atoms with Crippen LogP contribution in [-0.4, -0.2) is 18.1 Å². The van der Waals surface area contributed by atoms with Crippen LogP contribution in [0.5, 0.6) is 0 Å². The average molecular weight is 335 g/mol. The molecule has 8 heteroatoms. The Bertz CT molecular complexity index is 741. The molecule has 0 saturated heterocycles. The first-order valence-corrected chi connectivity index (χ1v) is 7.82. The van der Waals surface area contributed by atoms with Gasteiger partial charge in [0.2, 0.25) is 0 Å². The van der Waals surface area contributed by atoms with Crippen molar-refractivity contribution in [3.63, 3.8) is 0 Å². The lowest BCUT2D eigenvalue weighted by Crippen LogP contribution is -2.12. The third-order valence-corrected chi connectivity index (χ3v) is 4.90. The summed E-state index contributed by atoms with van der Waals surface area (Å²) in [5.74, 6) is 0. The zero-order valence-corrected chi connectivity index (χ0v) is 12.8. The second-order valence-electron chi connectivity index (χ2n) is 4.14. The lowest BCUT2D eigenvalue weighted by molar-refractivity contribution is 0.272. The van der Waals surface area contributed by atoms with Crippen molar-refractivity contribution in [3.05, 3.63) is 46.2 Å². The molecule has 5 nitrogen and oxygen atoms in total. The highest BCUT2D eigenvalue weighted by atomic mass is 35.5. The highest BCUT2D eigenvalue weighted by molar-refractivity contribution is 7.92. The molecule has 1 heterocycles. The van der Waals surface area contributed by atoms with Gasteiger partial charge in [-0.1, -0.05) is 29.3 Å². The quantitative estimate of drug-likeness (QED) is 0.902. The Kier molecular flexibility index (Phi) is 4.29. The molecule has 0 aliphatic heterocycles. The van der Waals surface area contributed by atoms with Crippen molar-refractivity contribution in [2.75, 3.05) is 4.72 Å². The molecule has 2 N–H and O–H groups in total. The van der Waals surface area contributed by atoms with E-state index in [9.17, 15) is 8.42 Å². The van der Waals surface area contributed by atoms with E-state index in [2.05, 4.69) is 4.72 Å². The van der Waals surface area contributed by atoms with Gasteiger partial charge >= 0.3 is 0 Å². The Morgan fingerprint density at radius 2 is 2.05 bits per heavy atom. The number of rotatable bonds is 4. The van der Waals surface area contributed by atoms with Crippen LogP contribution in [0.4, 0.5) is 5.69 Å². The second kappa shape index (κ2) is 5.65. The van der Waals surface area contributed by atoms with E-state index in [-0.39, 0.29) is 27.2 Å². The van der Waals surface area contributed by atoms with E-state index in [1.165, 1.54) is 22.9 Å². The van der Waals surface area contributed by atoms with Crippen LogP contribution >= 0.6 is 23.2 Å². The van der Waals surface area contributed by atoms with Crippen molar-refractivity contribution in [2.24, 2.45) is 7.05 Å². The van der Waals surface area contributed by atoms with Crippen molar-refractivity contribution >= 4 is 38.9 Å². The fourth-order valence-corrected chi connectivity index (χ4v) is 3.24. The first-order chi connectivity index (χ1) is 9.35. The topological polar surface area (TPSA) is 71.3 Å². The predicted molar refractivity (Wildman–Crippen MR) is 78.6 cm³/mol. The van der Waals surface area contributed by atoms with Gasteiger partial charge in [-0.2, -0.15) is 0 Å². The maximum absolute atomic E-state index is 12.2. The number of sulfonamides is 1. The molecule has 0 atom stereocenters. The largest absolute Gasteiger partial charge is 0.390 e. The molecule has 20 heavy (non-hydrogen) atoms. The van der Waals surface area contributed by atoms with Crippen LogP contribution in [0.1, 0.15) is 5.69 Å². The van der Waals surface area contributed by atoms with Crippen LogP contribution in [0.15, 0.2) is 35.4 Å². The summed E-state index contributed by atoms with van der Waals surface area (Å²) in [5, 5.41) is 9.49. The summed E-state index contributed by atoms with van der Waals surface area (Å²) in [6.45, 7) is -0.246. The number of nitrogens with zero attached hydrogens (tertiary/aromatic N) is 1. The molecule has 2 rings (SSSR count). The van der Waals surface area contributed by atoms with Crippen molar-refractivity contribution in [2.45, 2.75) is 11.5 Å². The number of nitrogens with one attached hydrogen (secondary N) is 1. The summed E-state index contributed by atoms with van der Waals surface area (Å²) in [7, 11) is -2.14. The smallest absolute Gasteiger partial charge is 0.263 e. The minimum absolute atomic E-state index is 0.0418. The van der Waals surface area contributed by atoms with E-state index >= 15 is 0 Å². The minimum Gasteiger partial charge on any atom is -0.390 e. The summed E-state index contributed by atoms with van der Waals surface area (Å²) in [4.78, 5) is 0.0418. The van der Waals surface area contributed by atoms with Gasteiger partial charge < -0.3 is 9.67 Å². The van der Waals surface area contributed by atoms with E-state index in [0.717, 1.165) is 0 Å². The standard InChI is InChI=1S/C12H12Cl2N2O3S/c1-16-6-9(5-8(16)7-17)20(18,19)15-11-4-2-3-10(13)12(11)14/h2-6,15,17H,7H2,1H3. The van der Waals surface area contributed by atoms with Crippen LogP contribution in [0.3, 0.4) is 0 Å². The van der Waals surface area contributed by atoms with E-state index < -0.39 is 10.0 Å². The molecule has 1 aromatic carbocycles. The average Bonchev–Trinajstić information content (AvgIpc) is 2.77. The van der Waals surface area contributed by atoms with Gasteiger partial charge in [-0.3, -0.25) is 4.72 Å². The number of aliphatic hydroxyl groups is 1. The number of hydrogen-bond acceptors (Lipinski definition) is 3. The van der Waals surface area contributed by atoms with Crippen LogP contribution in [0.2, 0.25) is 10.0 Å². The fraction of sp³-hybridized carbons (Fsp3) is 0.167. The first kappa shape index (κ1) is 15.2. The fourth-order valence-electron chi connectivity index (χ4n) is 1.67. The molecule has 0 fully saturated rings. The Hall–Kier alpha value is -1.21. The second-order valence-corrected chi connectivity index (χ2v) is 6.61. The van der Waals surface area contributed by atoms with Crippen LogP contribution in [-0.2, 0) is 23.7 Å². The SMILES string of the molecule is Cn1cc(S(=O)(=O)Nc2cccc(Cl)c2Cl)cc1CO. The van der Waals surface area contributed by atoms with Gasteiger partial charge in [-0.15, -0.1) is 0 Å². The third kappa shape index (κ3) is 2.93. The van der Waals surface area contributed by atoms with Crippen molar-refractivity contribution in [3.8, 4) is 0 Å². The maximum atomic E-state index is 12.2. The lowest BCUT2D eigenvalue weighted by atomic mass is 10.3. The first-order valence-electron chi connectivity index (χ1n) is 5.58. The zero-order chi connectivity index (χ0) is 14.9. The number of anilines is 1. The third-order valence-electron chi connectivity index (χ3n) is 2.75. The highest BCUT2D eigenvalue weighted by Gasteiger charge is 2.19. The molecular weight excluding hydrogens is 323 g/mol. The molecule has 0 unspecified atom stereocenters. The van der Waals surface area contributed by atoms with Gasteiger partial charge in [0.1, 0.15) is 4.90 Å². The molecule has 0 aliphatic rings. The number of aromatic nitrogens is 1. The van der Waals surface area contributed by atoms with Crippen LogP contribution < -0.4 is 4.72 Å². The molecule has 0 spiro atoms. The van der Waals surface area contributed by atoms with Gasteiger partial charge in [0.05, 0.1) is 22.3 Å². The lowest BCUT2D eigenvalue weighted by Gasteiger charge is -2.08. The molecular formula is C12H12Cl2N2O3S. The number of halogens is 2. The van der Waals surface area contributed by atoms with E-state index in [1.54, 1.807) is 19.2 Å². The normalized spacial score (nSPS) is 11.6. The molecule has 0 aliphatic carbocycles. The van der Waals surface area contributed by atoms with E-state index in [0.29, 0.717) is 5.69 Å². The Morgan fingerprint density at radius 3 is 2.65 bits per heavy atom. The Morgan fingerprint density at radius 1 is 1.35 bits per heavy atom. The Labute approximate surface area is 126 Å². The monoisotopic (exact) mass is 334 g/mol. The van der Waals surface area contributed by atoms with Gasteiger partial charge in [0, 0.05) is 18.9 Å². The van der Waals surface area contributed by atoms with E-state index in [4.69, 9.17) is 28.3 Å². The number of aliphatic hydroxyl groups excluding tert-OH is 1. The van der Waals surface area contributed by atoms with Gasteiger partial charge in [-0.05, 0) is 18.2 Å². The molecule has 0 radical (unpaired) electrons. The summed E-state index contributed by atoms with van der Waals surface area (Å²) >= 11 is 11.8. The van der Waals surface area contributed by atoms with Crippen molar-refractivity contribution < 1.29 is 13.5 Å². The Balaban J connectivity index is 2.38.